The van der Waals surface area contributed by atoms with Crippen molar-refractivity contribution in [2.24, 2.45) is 5.92 Å². The van der Waals surface area contributed by atoms with Crippen LogP contribution in [0.3, 0.4) is 0 Å². The summed E-state index contributed by atoms with van der Waals surface area (Å²) in [5.74, 6) is 0.421. The smallest absolute Gasteiger partial charge is 0.416 e. The van der Waals surface area contributed by atoms with Gasteiger partial charge in [0.25, 0.3) is 0 Å². The molecule has 0 spiro atoms. The van der Waals surface area contributed by atoms with Gasteiger partial charge in [0.1, 0.15) is 5.60 Å². The van der Waals surface area contributed by atoms with Gasteiger partial charge in [-0.1, -0.05) is 23.5 Å². The lowest BCUT2D eigenvalue weighted by molar-refractivity contribution is -0.137. The normalized spacial score (nSPS) is 14.8. The fraction of sp³-hybridized carbons (Fsp3) is 0.500. The lowest BCUT2D eigenvalue weighted by Gasteiger charge is -2.34. The molecule has 0 saturated carbocycles. The van der Waals surface area contributed by atoms with E-state index in [4.69, 9.17) is 9.72 Å². The number of hydrogen-bond donors (Lipinski definition) is 0. The van der Waals surface area contributed by atoms with Gasteiger partial charge < -0.3 is 14.5 Å². The fourth-order valence-corrected chi connectivity index (χ4v) is 5.92. The number of rotatable bonds is 7. The Labute approximate surface area is 237 Å². The Hall–Kier alpha value is -3.32. The molecule has 1 fully saturated rings. The zero-order valence-corrected chi connectivity index (χ0v) is 24.2. The highest BCUT2D eigenvalue weighted by atomic mass is 32.1. The highest BCUT2D eigenvalue weighted by Crippen LogP contribution is 2.36. The molecule has 0 N–H and O–H groups in total. The third-order valence-electron chi connectivity index (χ3n) is 7.13. The minimum atomic E-state index is -4.40. The standard InChI is InChI=1S/C30H35F3N4O2S/c1-20-17-22(5-6-23(20)19-34)12-14-36(27-35-25-8-7-24(30(31,32)33)18-26(25)40-27)13-9-21-10-15-37(16-11-21)28(38)39-29(2,3)4/h5-8,17-18,21H,9-16H2,1-4H3. The van der Waals surface area contributed by atoms with E-state index in [1.54, 1.807) is 4.90 Å². The van der Waals surface area contributed by atoms with Crippen LogP contribution in [0.2, 0.25) is 0 Å². The van der Waals surface area contributed by atoms with Gasteiger partial charge in [-0.15, -0.1) is 0 Å². The Morgan fingerprint density at radius 1 is 1.15 bits per heavy atom. The van der Waals surface area contributed by atoms with Crippen molar-refractivity contribution in [1.29, 1.82) is 5.26 Å². The van der Waals surface area contributed by atoms with Crippen molar-refractivity contribution in [3.05, 3.63) is 58.7 Å². The summed E-state index contributed by atoms with van der Waals surface area (Å²) >= 11 is 1.28. The third-order valence-corrected chi connectivity index (χ3v) is 8.21. The predicted octanol–water partition coefficient (Wildman–Crippen LogP) is 7.58. The molecule has 0 atom stereocenters. The molecule has 0 bridgehead atoms. The molecule has 0 radical (unpaired) electrons. The zero-order valence-electron chi connectivity index (χ0n) is 23.3. The number of ether oxygens (including phenoxy) is 1. The average molecular weight is 573 g/mol. The largest absolute Gasteiger partial charge is 0.444 e. The third kappa shape index (κ3) is 7.66. The van der Waals surface area contributed by atoms with E-state index in [1.807, 2.05) is 45.9 Å². The Morgan fingerprint density at radius 3 is 2.50 bits per heavy atom. The maximum Gasteiger partial charge on any atom is 0.416 e. The number of hydrogen-bond acceptors (Lipinski definition) is 6. The van der Waals surface area contributed by atoms with Crippen LogP contribution in [0.25, 0.3) is 10.2 Å². The van der Waals surface area contributed by atoms with Crippen LogP contribution in [0.5, 0.6) is 0 Å². The molecular weight excluding hydrogens is 537 g/mol. The van der Waals surface area contributed by atoms with Gasteiger partial charge >= 0.3 is 12.3 Å². The Kier molecular flexibility index (Phi) is 8.93. The van der Waals surface area contributed by atoms with Gasteiger partial charge in [0.15, 0.2) is 5.13 Å². The first-order valence-corrected chi connectivity index (χ1v) is 14.3. The summed E-state index contributed by atoms with van der Waals surface area (Å²) in [6, 6.07) is 11.7. The van der Waals surface area contributed by atoms with Gasteiger partial charge in [0, 0.05) is 26.2 Å². The molecule has 10 heteroatoms. The van der Waals surface area contributed by atoms with Crippen molar-refractivity contribution >= 4 is 32.8 Å². The summed E-state index contributed by atoms with van der Waals surface area (Å²) in [4.78, 5) is 21.0. The molecule has 40 heavy (non-hydrogen) atoms. The number of aryl methyl sites for hydroxylation is 1. The van der Waals surface area contributed by atoms with E-state index in [-0.39, 0.29) is 6.09 Å². The van der Waals surface area contributed by atoms with E-state index in [0.717, 1.165) is 36.5 Å². The number of carbonyl (C=O) groups is 1. The molecular formula is C30H35F3N4O2S. The summed E-state index contributed by atoms with van der Waals surface area (Å²) in [5, 5.41) is 9.94. The number of fused-ring (bicyclic) bond motifs is 1. The Bertz CT molecular complexity index is 1380. The first-order valence-electron chi connectivity index (χ1n) is 13.5. The van der Waals surface area contributed by atoms with Gasteiger partial charge in [-0.05, 0) is 94.7 Å². The summed E-state index contributed by atoms with van der Waals surface area (Å²) in [6.07, 6.45) is -1.34. The van der Waals surface area contributed by atoms with Crippen LogP contribution in [0.4, 0.5) is 23.1 Å². The van der Waals surface area contributed by atoms with Crippen LogP contribution in [-0.2, 0) is 17.3 Å². The van der Waals surface area contributed by atoms with E-state index < -0.39 is 17.3 Å². The number of benzene rings is 2. The zero-order chi connectivity index (χ0) is 29.1. The second-order valence-corrected chi connectivity index (χ2v) is 12.4. The summed E-state index contributed by atoms with van der Waals surface area (Å²) in [5.41, 5.74) is 2.00. The van der Waals surface area contributed by atoms with Crippen LogP contribution in [0.15, 0.2) is 36.4 Å². The van der Waals surface area contributed by atoms with Gasteiger partial charge in [-0.3, -0.25) is 0 Å². The first kappa shape index (κ1) is 29.7. The van der Waals surface area contributed by atoms with Crippen molar-refractivity contribution in [1.82, 2.24) is 9.88 Å². The summed E-state index contributed by atoms with van der Waals surface area (Å²) in [6.45, 7) is 10.1. The summed E-state index contributed by atoms with van der Waals surface area (Å²) in [7, 11) is 0. The number of alkyl halides is 3. The SMILES string of the molecule is Cc1cc(CCN(CCC2CCN(C(=O)OC(C)(C)C)CC2)c2nc3ccc(C(F)(F)F)cc3s2)ccc1C#N. The molecule has 3 aromatic rings. The van der Waals surface area contributed by atoms with Crippen LogP contribution in [0, 0.1) is 24.2 Å². The van der Waals surface area contributed by atoms with Gasteiger partial charge in [0.2, 0.25) is 0 Å². The molecule has 1 aliphatic heterocycles. The van der Waals surface area contributed by atoms with Gasteiger partial charge in [-0.25, -0.2) is 9.78 Å². The van der Waals surface area contributed by atoms with E-state index in [9.17, 15) is 23.2 Å². The minimum absolute atomic E-state index is 0.280. The van der Waals surface area contributed by atoms with E-state index >= 15 is 0 Å². The lowest BCUT2D eigenvalue weighted by atomic mass is 9.93. The van der Waals surface area contributed by atoms with Crippen LogP contribution < -0.4 is 4.90 Å². The Morgan fingerprint density at radius 2 is 1.88 bits per heavy atom. The highest BCUT2D eigenvalue weighted by molar-refractivity contribution is 7.22. The number of piperidine rings is 1. The maximum atomic E-state index is 13.3. The van der Waals surface area contributed by atoms with Crippen LogP contribution >= 0.6 is 11.3 Å². The summed E-state index contributed by atoms with van der Waals surface area (Å²) < 4.78 is 45.9. The number of carbonyl (C=O) groups excluding carboxylic acids is 1. The quantitative estimate of drug-likeness (QED) is 0.292. The van der Waals surface area contributed by atoms with Gasteiger partial charge in [0.05, 0.1) is 27.4 Å². The van der Waals surface area contributed by atoms with Crippen molar-refractivity contribution in [2.45, 2.75) is 65.2 Å². The molecule has 6 nitrogen and oxygen atoms in total. The average Bonchev–Trinajstić information content (AvgIpc) is 3.31. The number of aromatic nitrogens is 1. The van der Waals surface area contributed by atoms with E-state index in [0.29, 0.717) is 59.4 Å². The van der Waals surface area contributed by atoms with Crippen molar-refractivity contribution in [2.75, 3.05) is 31.1 Å². The minimum Gasteiger partial charge on any atom is -0.444 e. The molecule has 2 aromatic carbocycles. The predicted molar refractivity (Wildman–Crippen MR) is 152 cm³/mol. The number of nitrogens with zero attached hydrogens (tertiary/aromatic N) is 4. The lowest BCUT2D eigenvalue weighted by Crippen LogP contribution is -2.42. The number of nitriles is 1. The van der Waals surface area contributed by atoms with Crippen LogP contribution in [-0.4, -0.2) is 47.8 Å². The molecule has 0 unspecified atom stereocenters. The molecule has 1 amide bonds. The topological polar surface area (TPSA) is 69.5 Å². The van der Waals surface area contributed by atoms with Crippen molar-refractivity contribution in [3.8, 4) is 6.07 Å². The fourth-order valence-electron chi connectivity index (χ4n) is 4.87. The number of amides is 1. The first-order chi connectivity index (χ1) is 18.8. The van der Waals surface area contributed by atoms with Crippen molar-refractivity contribution in [3.63, 3.8) is 0 Å². The molecule has 214 valence electrons. The number of thiazole rings is 1. The molecule has 1 aromatic heterocycles. The number of halogens is 3. The molecule has 4 rings (SSSR count). The monoisotopic (exact) mass is 572 g/mol. The highest BCUT2D eigenvalue weighted by Gasteiger charge is 2.31. The van der Waals surface area contributed by atoms with E-state index in [1.165, 1.54) is 23.5 Å². The molecule has 1 aliphatic rings. The molecule has 1 saturated heterocycles. The second kappa shape index (κ2) is 12.0. The van der Waals surface area contributed by atoms with E-state index in [2.05, 4.69) is 11.0 Å². The number of anilines is 1. The maximum absolute atomic E-state index is 13.3. The number of likely N-dealkylation sites (tertiary alicyclic amines) is 1. The molecule has 2 heterocycles. The van der Waals surface area contributed by atoms with Crippen LogP contribution in [0.1, 0.15) is 62.3 Å². The van der Waals surface area contributed by atoms with Gasteiger partial charge in [-0.2, -0.15) is 18.4 Å². The Balaban J connectivity index is 1.46. The molecule has 0 aliphatic carbocycles. The van der Waals surface area contributed by atoms with Crippen molar-refractivity contribution < 1.29 is 22.7 Å². The second-order valence-electron chi connectivity index (χ2n) is 11.4.